The van der Waals surface area contributed by atoms with Crippen LogP contribution in [0.2, 0.25) is 0 Å². The lowest BCUT2D eigenvalue weighted by Crippen LogP contribution is -2.48. The van der Waals surface area contributed by atoms with Gasteiger partial charge in [-0.25, -0.2) is 0 Å². The highest BCUT2D eigenvalue weighted by molar-refractivity contribution is 5.59. The lowest BCUT2D eigenvalue weighted by molar-refractivity contribution is 0.214. The first kappa shape index (κ1) is 19.5. The Bertz CT molecular complexity index is 925. The Morgan fingerprint density at radius 1 is 1.18 bits per heavy atom. The minimum Gasteiger partial charge on any atom is -0.494 e. The van der Waals surface area contributed by atoms with E-state index in [-0.39, 0.29) is 17.2 Å². The van der Waals surface area contributed by atoms with Crippen molar-refractivity contribution in [1.82, 2.24) is 4.90 Å². The summed E-state index contributed by atoms with van der Waals surface area (Å²) in [6.07, 6.45) is 2.02. The monoisotopic (exact) mass is 373 g/mol. The van der Waals surface area contributed by atoms with Crippen molar-refractivity contribution in [3.63, 3.8) is 0 Å². The zero-order chi connectivity index (χ0) is 20.3. The summed E-state index contributed by atoms with van der Waals surface area (Å²) >= 11 is 0. The molecule has 1 heterocycles. The highest BCUT2D eigenvalue weighted by Gasteiger charge is 2.54. The third-order valence-corrected chi connectivity index (χ3v) is 5.74. The summed E-state index contributed by atoms with van der Waals surface area (Å²) in [6.45, 7) is 6.80. The number of ether oxygens (including phenoxy) is 1. The van der Waals surface area contributed by atoms with Crippen LogP contribution in [0.15, 0.2) is 47.2 Å². The average molecular weight is 373 g/mol. The number of nitrogens with two attached hydrogens (primary N) is 1. The molecule has 0 bridgehead atoms. The molecule has 1 aliphatic carbocycles. The highest BCUT2D eigenvalue weighted by atomic mass is 16.5. The molecule has 2 aliphatic rings. The van der Waals surface area contributed by atoms with Crippen LogP contribution in [-0.4, -0.2) is 31.1 Å². The van der Waals surface area contributed by atoms with E-state index in [9.17, 15) is 15.8 Å². The number of likely N-dealkylation sites (N-methyl/N-ethyl adjacent to an activating group) is 1. The molecule has 28 heavy (non-hydrogen) atoms. The Labute approximate surface area is 165 Å². The van der Waals surface area contributed by atoms with Gasteiger partial charge < -0.3 is 10.5 Å². The van der Waals surface area contributed by atoms with Crippen LogP contribution >= 0.6 is 0 Å². The third kappa shape index (κ3) is 2.91. The molecule has 2 atom stereocenters. The molecule has 6 nitrogen and oxygen atoms in total. The molecule has 0 fully saturated rings. The van der Waals surface area contributed by atoms with Gasteiger partial charge in [-0.2, -0.15) is 15.8 Å². The normalized spacial score (nSPS) is 23.6. The van der Waals surface area contributed by atoms with Gasteiger partial charge in [0.2, 0.25) is 0 Å². The van der Waals surface area contributed by atoms with Crippen molar-refractivity contribution in [2.75, 3.05) is 26.2 Å². The molecular formula is C22H23N5O. The maximum atomic E-state index is 10.1. The van der Waals surface area contributed by atoms with Crippen molar-refractivity contribution in [1.29, 1.82) is 15.8 Å². The first-order valence-electron chi connectivity index (χ1n) is 9.44. The van der Waals surface area contributed by atoms with Gasteiger partial charge in [-0.05, 0) is 36.7 Å². The van der Waals surface area contributed by atoms with Crippen LogP contribution in [0.4, 0.5) is 0 Å². The van der Waals surface area contributed by atoms with Crippen molar-refractivity contribution in [3.8, 4) is 24.0 Å². The Kier molecular flexibility index (Phi) is 5.41. The summed E-state index contributed by atoms with van der Waals surface area (Å²) in [5.41, 5.74) is 6.76. The molecule has 3 rings (SSSR count). The van der Waals surface area contributed by atoms with Gasteiger partial charge in [0.15, 0.2) is 5.41 Å². The molecule has 0 aromatic heterocycles. The summed E-state index contributed by atoms with van der Waals surface area (Å²) in [4.78, 5) is 2.24. The number of nitrogens with zero attached hydrogens (tertiary/aromatic N) is 4. The zero-order valence-electron chi connectivity index (χ0n) is 16.1. The Balaban J connectivity index is 2.22. The van der Waals surface area contributed by atoms with E-state index in [4.69, 9.17) is 10.5 Å². The molecule has 1 aromatic rings. The van der Waals surface area contributed by atoms with Crippen molar-refractivity contribution < 1.29 is 4.74 Å². The van der Waals surface area contributed by atoms with Crippen LogP contribution in [0.5, 0.6) is 5.75 Å². The fourth-order valence-corrected chi connectivity index (χ4v) is 4.31. The number of fused-ring (bicyclic) bond motifs is 1. The van der Waals surface area contributed by atoms with Gasteiger partial charge in [-0.3, -0.25) is 4.90 Å². The second kappa shape index (κ2) is 7.77. The van der Waals surface area contributed by atoms with Gasteiger partial charge in [0.25, 0.3) is 0 Å². The van der Waals surface area contributed by atoms with Crippen LogP contribution in [0.1, 0.15) is 25.3 Å². The predicted octanol–water partition coefficient (Wildman–Crippen LogP) is 2.83. The Morgan fingerprint density at radius 2 is 1.86 bits per heavy atom. The first-order chi connectivity index (χ1) is 13.6. The van der Waals surface area contributed by atoms with Crippen molar-refractivity contribution >= 4 is 0 Å². The second-order valence-electron chi connectivity index (χ2n) is 7.03. The average Bonchev–Trinajstić information content (AvgIpc) is 2.73. The molecule has 6 heteroatoms. The predicted molar refractivity (Wildman–Crippen MR) is 105 cm³/mol. The standard InChI is InChI=1S/C22H23N5O/c1-3-27-10-9-17-18(11-23)21(26)22(13-24,14-25)20(19(17)12-27)15-5-7-16(8-6-15)28-4-2/h5-9,19-20H,3-4,10,12,26H2,1-2H3/t19-,20?/m0/s1. The van der Waals surface area contributed by atoms with Crippen LogP contribution in [0.3, 0.4) is 0 Å². The zero-order valence-corrected chi connectivity index (χ0v) is 16.1. The quantitative estimate of drug-likeness (QED) is 0.869. The van der Waals surface area contributed by atoms with E-state index in [1.807, 2.05) is 37.3 Å². The smallest absolute Gasteiger partial charge is 0.191 e. The van der Waals surface area contributed by atoms with E-state index >= 15 is 0 Å². The molecule has 1 unspecified atom stereocenters. The van der Waals surface area contributed by atoms with Gasteiger partial charge >= 0.3 is 0 Å². The summed E-state index contributed by atoms with van der Waals surface area (Å²) in [5, 5.41) is 29.8. The number of nitriles is 3. The number of hydrogen-bond donors (Lipinski definition) is 1. The number of benzene rings is 1. The molecule has 1 aliphatic heterocycles. The van der Waals surface area contributed by atoms with E-state index in [0.717, 1.165) is 30.0 Å². The number of hydrogen-bond acceptors (Lipinski definition) is 6. The van der Waals surface area contributed by atoms with Crippen LogP contribution < -0.4 is 10.5 Å². The van der Waals surface area contributed by atoms with Gasteiger partial charge in [-0.15, -0.1) is 0 Å². The minimum absolute atomic E-state index is 0.0614. The van der Waals surface area contributed by atoms with Crippen molar-refractivity contribution in [3.05, 3.63) is 52.7 Å². The van der Waals surface area contributed by atoms with Gasteiger partial charge in [0.05, 0.1) is 30.0 Å². The molecule has 0 spiro atoms. The van der Waals surface area contributed by atoms with Gasteiger partial charge in [-0.1, -0.05) is 25.1 Å². The minimum atomic E-state index is -1.59. The number of allylic oxidation sites excluding steroid dienone is 2. The molecule has 0 radical (unpaired) electrons. The van der Waals surface area contributed by atoms with E-state index in [0.29, 0.717) is 13.2 Å². The van der Waals surface area contributed by atoms with Crippen LogP contribution in [-0.2, 0) is 0 Å². The fourth-order valence-electron chi connectivity index (χ4n) is 4.31. The molecule has 0 saturated heterocycles. The lowest BCUT2D eigenvalue weighted by Gasteiger charge is -2.45. The molecular weight excluding hydrogens is 350 g/mol. The number of rotatable bonds is 4. The van der Waals surface area contributed by atoms with Gasteiger partial charge in [0, 0.05) is 24.9 Å². The van der Waals surface area contributed by atoms with E-state index < -0.39 is 11.3 Å². The summed E-state index contributed by atoms with van der Waals surface area (Å²) in [5.74, 6) is 0.112. The Hall–Kier alpha value is -3.27. The highest BCUT2D eigenvalue weighted by Crippen LogP contribution is 2.54. The van der Waals surface area contributed by atoms with Crippen LogP contribution in [0.25, 0.3) is 0 Å². The summed E-state index contributed by atoms with van der Waals surface area (Å²) in [6, 6.07) is 14.0. The summed E-state index contributed by atoms with van der Waals surface area (Å²) in [7, 11) is 0. The fraction of sp³-hybridized carbons (Fsp3) is 0.409. The molecule has 142 valence electrons. The second-order valence-corrected chi connectivity index (χ2v) is 7.03. The SMILES string of the molecule is CCOc1ccc(C2[C@H]3CN(CC)CC=C3C(C#N)=C(N)C2(C#N)C#N)cc1. The maximum absolute atomic E-state index is 10.1. The topological polar surface area (TPSA) is 110 Å². The maximum Gasteiger partial charge on any atom is 0.191 e. The largest absolute Gasteiger partial charge is 0.494 e. The van der Waals surface area contributed by atoms with Crippen molar-refractivity contribution in [2.45, 2.75) is 19.8 Å². The van der Waals surface area contributed by atoms with E-state index in [1.54, 1.807) is 0 Å². The van der Waals surface area contributed by atoms with E-state index in [2.05, 4.69) is 30.0 Å². The third-order valence-electron chi connectivity index (χ3n) is 5.74. The van der Waals surface area contributed by atoms with Crippen LogP contribution in [0, 0.1) is 45.3 Å². The van der Waals surface area contributed by atoms with Gasteiger partial charge in [0.1, 0.15) is 11.8 Å². The molecule has 0 saturated carbocycles. The lowest BCUT2D eigenvalue weighted by atomic mass is 9.58. The first-order valence-corrected chi connectivity index (χ1v) is 9.44. The molecule has 1 aromatic carbocycles. The molecule has 2 N–H and O–H groups in total. The molecule has 0 amide bonds. The summed E-state index contributed by atoms with van der Waals surface area (Å²) < 4.78 is 5.52. The van der Waals surface area contributed by atoms with E-state index in [1.165, 1.54) is 0 Å². The Morgan fingerprint density at radius 3 is 2.39 bits per heavy atom. The van der Waals surface area contributed by atoms with Crippen molar-refractivity contribution in [2.24, 2.45) is 17.1 Å².